The van der Waals surface area contributed by atoms with E-state index in [1.165, 1.54) is 12.4 Å². The molecule has 2 N–H and O–H groups in total. The second-order valence-electron chi connectivity index (χ2n) is 2.77. The van der Waals surface area contributed by atoms with Crippen LogP contribution in [0, 0.1) is 0 Å². The van der Waals surface area contributed by atoms with Gasteiger partial charge in [0.15, 0.2) is 5.65 Å². The monoisotopic (exact) mass is 213 g/mol. The summed E-state index contributed by atoms with van der Waals surface area (Å²) in [6.45, 7) is 0. The lowest BCUT2D eigenvalue weighted by Gasteiger charge is -2.01. The number of fused-ring (bicyclic) bond motifs is 1. The Labute approximate surface area is 79.5 Å². The van der Waals surface area contributed by atoms with Crippen LogP contribution in [0.15, 0.2) is 17.6 Å². The summed E-state index contributed by atoms with van der Waals surface area (Å²) >= 11 is 0. The number of hydrogen-bond acceptors (Lipinski definition) is 6. The van der Waals surface area contributed by atoms with E-state index in [0.717, 1.165) is 10.8 Å². The molecule has 2 aromatic rings. The third-order valence-corrected chi connectivity index (χ3v) is 2.52. The maximum Gasteiger partial charge on any atom is 0.251 e. The summed E-state index contributed by atoms with van der Waals surface area (Å²) in [6, 6.07) is 1.45. The predicted octanol–water partition coefficient (Wildman–Crippen LogP) is -0.890. The Kier molecular flexibility index (Phi) is 1.68. The number of sulfone groups is 1. The van der Waals surface area contributed by atoms with E-state index < -0.39 is 9.84 Å². The minimum atomic E-state index is -3.45. The Balaban J connectivity index is 2.94. The number of rotatable bonds is 1. The van der Waals surface area contributed by atoms with Crippen molar-refractivity contribution in [2.24, 2.45) is 0 Å². The van der Waals surface area contributed by atoms with Gasteiger partial charge in [-0.25, -0.2) is 18.4 Å². The normalized spacial score (nSPS) is 12.1. The topological polar surface area (TPSA) is 103 Å². The Morgan fingerprint density at radius 1 is 1.50 bits per heavy atom. The van der Waals surface area contributed by atoms with Crippen molar-refractivity contribution < 1.29 is 8.42 Å². The van der Waals surface area contributed by atoms with Gasteiger partial charge < -0.3 is 5.73 Å². The first-order valence-corrected chi connectivity index (χ1v) is 5.54. The summed E-state index contributed by atoms with van der Waals surface area (Å²) in [5.74, 6) is 0.103. The SMILES string of the molecule is CS(=O)(=O)c1nc(N)cc2ncnn12. The molecule has 14 heavy (non-hydrogen) atoms. The first-order chi connectivity index (χ1) is 6.48. The van der Waals surface area contributed by atoms with Crippen LogP contribution in [0.25, 0.3) is 5.65 Å². The summed E-state index contributed by atoms with van der Waals surface area (Å²) in [5.41, 5.74) is 5.78. The average molecular weight is 213 g/mol. The van der Waals surface area contributed by atoms with Gasteiger partial charge in [-0.15, -0.1) is 0 Å². The smallest absolute Gasteiger partial charge is 0.251 e. The van der Waals surface area contributed by atoms with Crippen molar-refractivity contribution in [1.29, 1.82) is 0 Å². The van der Waals surface area contributed by atoms with E-state index in [2.05, 4.69) is 15.1 Å². The highest BCUT2D eigenvalue weighted by atomic mass is 32.2. The zero-order valence-electron chi connectivity index (χ0n) is 7.25. The summed E-state index contributed by atoms with van der Waals surface area (Å²) in [6.07, 6.45) is 2.28. The molecule has 0 aromatic carbocycles. The van der Waals surface area contributed by atoms with Gasteiger partial charge in [-0.2, -0.15) is 9.61 Å². The molecule has 2 rings (SSSR count). The maximum atomic E-state index is 11.3. The quantitative estimate of drug-likeness (QED) is 0.616. The molecule has 0 saturated heterocycles. The van der Waals surface area contributed by atoms with E-state index in [1.807, 2.05) is 0 Å². The molecule has 0 aliphatic heterocycles. The molecule has 0 atom stereocenters. The maximum absolute atomic E-state index is 11.3. The van der Waals surface area contributed by atoms with Crippen LogP contribution >= 0.6 is 0 Å². The van der Waals surface area contributed by atoms with Crippen molar-refractivity contribution >= 4 is 21.3 Å². The van der Waals surface area contributed by atoms with E-state index in [-0.39, 0.29) is 11.0 Å². The Morgan fingerprint density at radius 3 is 2.86 bits per heavy atom. The van der Waals surface area contributed by atoms with Gasteiger partial charge in [0.25, 0.3) is 5.16 Å². The van der Waals surface area contributed by atoms with Crippen molar-refractivity contribution in [2.75, 3.05) is 12.0 Å². The minimum Gasteiger partial charge on any atom is -0.383 e. The number of anilines is 1. The molecular formula is C6H7N5O2S. The fourth-order valence-corrected chi connectivity index (χ4v) is 1.78. The molecular weight excluding hydrogens is 206 g/mol. The molecule has 8 heteroatoms. The van der Waals surface area contributed by atoms with Crippen LogP contribution in [-0.2, 0) is 9.84 Å². The van der Waals surface area contributed by atoms with Crippen molar-refractivity contribution in [3.63, 3.8) is 0 Å². The number of nitrogens with zero attached hydrogens (tertiary/aromatic N) is 4. The molecule has 0 spiro atoms. The first-order valence-electron chi connectivity index (χ1n) is 3.65. The summed E-state index contributed by atoms with van der Waals surface area (Å²) in [4.78, 5) is 7.52. The molecule has 0 radical (unpaired) electrons. The third kappa shape index (κ3) is 1.29. The van der Waals surface area contributed by atoms with Crippen molar-refractivity contribution in [3.05, 3.63) is 12.4 Å². The number of nitrogen functional groups attached to an aromatic ring is 1. The van der Waals surface area contributed by atoms with Crippen LogP contribution in [0.5, 0.6) is 0 Å². The summed E-state index contributed by atoms with van der Waals surface area (Å²) in [5, 5.41) is 3.53. The van der Waals surface area contributed by atoms with Crippen molar-refractivity contribution in [1.82, 2.24) is 19.6 Å². The molecule has 0 amide bonds. The molecule has 0 bridgehead atoms. The molecule has 7 nitrogen and oxygen atoms in total. The van der Waals surface area contributed by atoms with Crippen LogP contribution in [0.2, 0.25) is 0 Å². The fourth-order valence-electron chi connectivity index (χ4n) is 1.06. The van der Waals surface area contributed by atoms with E-state index in [0.29, 0.717) is 5.65 Å². The Hall–Kier alpha value is -1.70. The van der Waals surface area contributed by atoms with Gasteiger partial charge in [0.2, 0.25) is 9.84 Å². The highest BCUT2D eigenvalue weighted by Crippen LogP contribution is 2.10. The molecule has 0 unspecified atom stereocenters. The van der Waals surface area contributed by atoms with Crippen molar-refractivity contribution in [3.8, 4) is 0 Å². The summed E-state index contributed by atoms with van der Waals surface area (Å²) < 4.78 is 23.7. The zero-order chi connectivity index (χ0) is 10.3. The van der Waals surface area contributed by atoms with Gasteiger partial charge in [-0.3, -0.25) is 0 Å². The minimum absolute atomic E-state index is 0.103. The Bertz CT molecular complexity index is 587. The van der Waals surface area contributed by atoms with Crippen LogP contribution in [0.3, 0.4) is 0 Å². The van der Waals surface area contributed by atoms with Crippen LogP contribution in [0.1, 0.15) is 0 Å². The van der Waals surface area contributed by atoms with E-state index in [1.54, 1.807) is 0 Å². The fraction of sp³-hybridized carbons (Fsp3) is 0.167. The van der Waals surface area contributed by atoms with Gasteiger partial charge in [0, 0.05) is 12.3 Å². The van der Waals surface area contributed by atoms with E-state index >= 15 is 0 Å². The number of hydrogen-bond donors (Lipinski definition) is 1. The molecule has 2 heterocycles. The number of aromatic nitrogens is 4. The molecule has 0 aliphatic rings. The predicted molar refractivity (Wildman–Crippen MR) is 48.3 cm³/mol. The summed E-state index contributed by atoms with van der Waals surface area (Å²) in [7, 11) is -3.45. The lowest BCUT2D eigenvalue weighted by Crippen LogP contribution is -2.10. The largest absolute Gasteiger partial charge is 0.383 e. The molecule has 0 saturated carbocycles. The second kappa shape index (κ2) is 2.64. The van der Waals surface area contributed by atoms with Crippen molar-refractivity contribution in [2.45, 2.75) is 5.16 Å². The molecule has 0 aliphatic carbocycles. The van der Waals surface area contributed by atoms with Gasteiger partial charge in [-0.1, -0.05) is 0 Å². The zero-order valence-corrected chi connectivity index (χ0v) is 8.06. The molecule has 74 valence electrons. The Morgan fingerprint density at radius 2 is 2.21 bits per heavy atom. The second-order valence-corrected chi connectivity index (χ2v) is 4.68. The van der Waals surface area contributed by atoms with Crippen LogP contribution < -0.4 is 5.73 Å². The third-order valence-electron chi connectivity index (χ3n) is 1.59. The highest BCUT2D eigenvalue weighted by Gasteiger charge is 2.15. The van der Waals surface area contributed by atoms with E-state index in [9.17, 15) is 8.42 Å². The van der Waals surface area contributed by atoms with Crippen LogP contribution in [-0.4, -0.2) is 34.3 Å². The standard InChI is InChI=1S/C6H7N5O2S/c1-14(12,13)6-10-4(7)2-5-8-3-9-11(5)6/h2-3H,7H2,1H3. The molecule has 0 fully saturated rings. The number of nitrogens with two attached hydrogens (primary N) is 1. The van der Waals surface area contributed by atoms with Crippen LogP contribution in [0.4, 0.5) is 5.82 Å². The molecule has 2 aromatic heterocycles. The highest BCUT2D eigenvalue weighted by molar-refractivity contribution is 7.90. The van der Waals surface area contributed by atoms with Gasteiger partial charge in [-0.05, 0) is 0 Å². The van der Waals surface area contributed by atoms with E-state index in [4.69, 9.17) is 5.73 Å². The lowest BCUT2D eigenvalue weighted by atomic mass is 10.6. The van der Waals surface area contributed by atoms with Gasteiger partial charge in [0.05, 0.1) is 0 Å². The van der Waals surface area contributed by atoms with Gasteiger partial charge in [0.1, 0.15) is 12.1 Å². The average Bonchev–Trinajstić information content (AvgIpc) is 2.47. The lowest BCUT2D eigenvalue weighted by molar-refractivity contribution is 0.586. The first kappa shape index (κ1) is 8.88. The van der Waals surface area contributed by atoms with Gasteiger partial charge >= 0.3 is 0 Å².